The van der Waals surface area contributed by atoms with E-state index >= 15 is 0 Å². The molecule has 0 fully saturated rings. The Labute approximate surface area is 831 Å². The molecule has 0 aliphatic heterocycles. The molecule has 7 heterocycles. The van der Waals surface area contributed by atoms with Gasteiger partial charge in [0.05, 0.1) is 50.5 Å². The molecular formula is C80H92BrClLiN10NaO26S11. The zero-order valence-corrected chi connectivity index (χ0v) is 84.8. The summed E-state index contributed by atoms with van der Waals surface area (Å²) in [5.41, 5.74) is 27.3. The van der Waals surface area contributed by atoms with E-state index in [1.54, 1.807) is 93.6 Å². The second-order valence-electron chi connectivity index (χ2n) is 25.6. The van der Waals surface area contributed by atoms with E-state index in [4.69, 9.17) is 63.3 Å². The van der Waals surface area contributed by atoms with E-state index in [1.165, 1.54) is 142 Å². The summed E-state index contributed by atoms with van der Waals surface area (Å²) in [6.45, 7) is 19.5. The van der Waals surface area contributed by atoms with Crippen molar-refractivity contribution in [2.45, 2.75) is 141 Å². The third-order valence-electron chi connectivity index (χ3n) is 14.7. The quantitative estimate of drug-likeness (QED) is 0.00332. The SMILES string of the molecule is C.CC(=O)c1ccc(CBr)s1.CC(=O)c1ccc(CN)s1.CC(=O)c1ccc(CN=[N+]=[N-])s1.CC(=O)c1ccc(CNS(=O)(=O)c2ccc(O)c(C)c2)s1.CC(=O)c1ccc(CNS(=O)(=O)c2ccc(O)c(OCO)c2)s1.CC(C)C.Cc1cc(S(=O)(=O)NCc2ccc(C(=O)O)s2)ccc1O.Cc1ccc(C(=O)O)s1.O=C(O)c1cc(S(=O)(=O)Cl)ccc1O.[Li+].[N-]=[N+]=[N-].[Na+].[OH-]. The molecule has 0 spiro atoms. The van der Waals surface area contributed by atoms with Crippen LogP contribution in [0.2, 0.25) is 0 Å². The van der Waals surface area contributed by atoms with Gasteiger partial charge < -0.3 is 67.9 Å². The van der Waals surface area contributed by atoms with Crippen molar-refractivity contribution in [3.63, 3.8) is 0 Å². The Hall–Kier alpha value is -8.91. The Bertz CT molecular complexity index is 6000. The molecule has 4 aromatic carbocycles. The van der Waals surface area contributed by atoms with Gasteiger partial charge in [-0.15, -0.1) is 79.4 Å². The number of aliphatic hydroxyl groups is 1. The number of carbonyl (C=O) groups excluding carboxylic acids is 5. The summed E-state index contributed by atoms with van der Waals surface area (Å²) in [6.07, 6.45) is 0. The van der Waals surface area contributed by atoms with E-state index < -0.39 is 75.1 Å². The number of hydrogen-bond acceptors (Lipinski definition) is 32. The molecule has 0 aliphatic rings. The van der Waals surface area contributed by atoms with Gasteiger partial charge >= 0.3 is 66.3 Å². The topological polar surface area (TPSA) is 644 Å². The number of nitrogens with two attached hydrogens (primary N) is 1. The molecule has 14 N–H and O–H groups in total. The van der Waals surface area contributed by atoms with Gasteiger partial charge in [-0.25, -0.2) is 62.2 Å². The molecule has 7 aromatic heterocycles. The average molecular weight is 2110 g/mol. The zero-order valence-electron chi connectivity index (χ0n) is 71.5. The third kappa shape index (κ3) is 47.0. The number of sulfonamides is 3. The van der Waals surface area contributed by atoms with Gasteiger partial charge in [-0.2, -0.15) is 0 Å². The number of Topliss-reactive ketones (excluding diaryl/α,β-unsaturated/α-hetero) is 5. The summed E-state index contributed by atoms with van der Waals surface area (Å²) in [5.74, 6) is -3.11. The summed E-state index contributed by atoms with van der Waals surface area (Å²) in [5, 5.41) is 76.1. The van der Waals surface area contributed by atoms with E-state index in [0.717, 1.165) is 76.1 Å². The Kier molecular flexibility index (Phi) is 60.3. The predicted octanol–water partition coefficient (Wildman–Crippen LogP) is 12.6. The van der Waals surface area contributed by atoms with Crippen molar-refractivity contribution in [1.29, 1.82) is 0 Å². The minimum atomic E-state index is -3.98. The number of carboxylic acids is 3. The van der Waals surface area contributed by atoms with Gasteiger partial charge in [-0.05, 0) is 230 Å². The number of phenols is 4. The van der Waals surface area contributed by atoms with Crippen LogP contribution in [0.3, 0.4) is 0 Å². The monoisotopic (exact) mass is 2100 g/mol. The summed E-state index contributed by atoms with van der Waals surface area (Å²) in [4.78, 5) is 100. The van der Waals surface area contributed by atoms with Gasteiger partial charge in [0.2, 0.25) is 30.1 Å². The van der Waals surface area contributed by atoms with E-state index in [-0.39, 0.29) is 157 Å². The molecule has 0 amide bonds. The summed E-state index contributed by atoms with van der Waals surface area (Å²) < 4.78 is 107. The van der Waals surface area contributed by atoms with Crippen molar-refractivity contribution in [2.75, 3.05) is 6.79 Å². The maximum absolute atomic E-state index is 12.2. The van der Waals surface area contributed by atoms with Crippen LogP contribution in [0.5, 0.6) is 28.7 Å². The van der Waals surface area contributed by atoms with Crippen molar-refractivity contribution < 1.29 is 172 Å². The van der Waals surface area contributed by atoms with Crippen LogP contribution in [0, 0.1) is 26.7 Å². The molecular weight excluding hydrogens is 2010 g/mol. The molecule has 0 atom stereocenters. The average Bonchev–Trinajstić information content (AvgIpc) is 1.63. The van der Waals surface area contributed by atoms with Crippen molar-refractivity contribution in [3.05, 3.63) is 269 Å². The van der Waals surface area contributed by atoms with Crippen LogP contribution in [0.15, 0.2) is 182 Å². The summed E-state index contributed by atoms with van der Waals surface area (Å²) in [6, 6.07) is 38.6. The van der Waals surface area contributed by atoms with Crippen molar-refractivity contribution in [3.8, 4) is 28.7 Å². The number of ketones is 5. The molecule has 0 bridgehead atoms. The van der Waals surface area contributed by atoms with E-state index in [9.17, 15) is 87.3 Å². The largest absolute Gasteiger partial charge is 1.00 e. The molecule has 51 heteroatoms. The fourth-order valence-electron chi connectivity index (χ4n) is 8.55. The maximum Gasteiger partial charge on any atom is 1.00 e. The number of thiophene rings is 7. The number of carbonyl (C=O) groups is 8. The number of rotatable bonds is 27. The number of ether oxygens (including phenoxy) is 1. The van der Waals surface area contributed by atoms with Crippen LogP contribution in [-0.4, -0.2) is 134 Å². The number of aliphatic hydroxyl groups excluding tert-OH is 1. The number of nitrogens with zero attached hydrogens (tertiary/aromatic N) is 6. The van der Waals surface area contributed by atoms with Crippen molar-refractivity contribution in [2.24, 2.45) is 16.8 Å². The maximum atomic E-state index is 12.2. The Balaban J connectivity index is -0.00000143. The van der Waals surface area contributed by atoms with Crippen LogP contribution in [0.1, 0.15) is 186 Å². The second kappa shape index (κ2) is 62.5. The fourth-order valence-corrected chi connectivity index (χ4v) is 18.9. The molecule has 700 valence electrons. The van der Waals surface area contributed by atoms with Crippen LogP contribution in [0.25, 0.3) is 26.4 Å². The van der Waals surface area contributed by atoms with Crippen LogP contribution in [0.4, 0.5) is 0 Å². The molecule has 0 saturated heterocycles. The smallest absolute Gasteiger partial charge is 0.870 e. The number of azide groups is 1. The van der Waals surface area contributed by atoms with Gasteiger partial charge in [0.15, 0.2) is 47.2 Å². The van der Waals surface area contributed by atoms with Gasteiger partial charge in [0, 0.05) is 87.3 Å². The Morgan fingerprint density at radius 1 is 0.458 bits per heavy atom. The minimum absolute atomic E-state index is 0. The van der Waals surface area contributed by atoms with E-state index in [1.807, 2.05) is 31.2 Å². The predicted molar refractivity (Wildman–Crippen MR) is 503 cm³/mol. The Morgan fingerprint density at radius 2 is 0.756 bits per heavy atom. The number of phenolic OH excluding ortho intramolecular Hbond substituents is 3. The van der Waals surface area contributed by atoms with Crippen LogP contribution >= 0.6 is 106 Å². The molecule has 36 nitrogen and oxygen atoms in total. The molecule has 0 radical (unpaired) electrons. The summed E-state index contributed by atoms with van der Waals surface area (Å²) >= 11 is 12.5. The van der Waals surface area contributed by atoms with Crippen LogP contribution < -0.4 is 73.1 Å². The molecule has 131 heavy (non-hydrogen) atoms. The minimum Gasteiger partial charge on any atom is -0.870 e. The first kappa shape index (κ1) is 126. The first-order valence-electron chi connectivity index (χ1n) is 35.8. The van der Waals surface area contributed by atoms with Crippen LogP contribution in [-0.2, 0) is 77.2 Å². The first-order chi connectivity index (χ1) is 59.3. The van der Waals surface area contributed by atoms with Crippen molar-refractivity contribution >= 4 is 192 Å². The normalized spacial score (nSPS) is 10.2. The number of benzene rings is 4. The number of halogens is 2. The molecule has 0 saturated carbocycles. The molecule has 0 aliphatic carbocycles. The molecule has 11 aromatic rings. The number of aromatic hydroxyl groups is 4. The molecule has 0 unspecified atom stereocenters. The zero-order chi connectivity index (χ0) is 96.4. The van der Waals surface area contributed by atoms with Gasteiger partial charge in [0.25, 0.3) is 9.05 Å². The van der Waals surface area contributed by atoms with Gasteiger partial charge in [-0.1, -0.05) is 49.2 Å². The standard InChI is InChI=1S/C14H15NO6S2.C14H15NO4S2.C13H13NO5S2.C7H7BrOS.C7H5ClO5S.C7H7N3OS.C7H9NOS.C6H6O2S.C4H10.CH4.Li.N3.Na.H2O/c1-9(17)14-5-2-10(22-14)7-15-23(19,20)11-3-4-12(18)13(6-11)21-8-16;1-9-7-12(4-5-13(9)17)21(18,19)15-8-11-3-6-14(20-11)10(2)16;1-8-6-10(3-4-11(8)15)21(18,19)14-7-9-2-5-12(20-9)13(16)17;1-5(9)7-3-2-6(4-8)10-7;8-14(12,13)4-1-2-6(9)5(3-4)7(10)11;1-5(11)7-3-2-6(12-7)4-9-10-8;1-5(9)7-3-2-6(4-8)10-7;1-4-2-3-5(9-4)6(7)8;1-4(2)3;;;1-3-2;;/h2-6,15-16,18H,7-8H2,1H3;3-7,15,17H,8H2,1-2H3;2-6,14-15H,7H2,1H3,(H,16,17);2-3H,4H2,1H3;1-3,9H,(H,10,11);2-3H,4H2,1H3;2-3H,4,8H2,1H3;2-3H,1H3,(H,7,8);4H,1-3H3;1H4;;;;1H2/q;;;;;;;;;;+1;-1;+1;/p-1. The second-order valence-corrected chi connectivity index (χ2v) is 42.4. The van der Waals surface area contributed by atoms with Gasteiger partial charge in [0.1, 0.15) is 32.6 Å². The summed E-state index contributed by atoms with van der Waals surface area (Å²) in [7, 11) is -10.2. The number of aromatic carboxylic acids is 3. The number of carboxylic acid groups (broad SMARTS) is 3. The van der Waals surface area contributed by atoms with E-state index in [2.05, 4.69) is 60.9 Å². The van der Waals surface area contributed by atoms with Gasteiger partial charge in [-0.3, -0.25) is 28.9 Å². The number of aryl methyl sites for hydroxylation is 3. The fraction of sp³-hybridized carbons (Fsp3) is 0.250. The number of hydrogen-bond donors (Lipinski definition) is 12. The third-order valence-corrected chi connectivity index (χ3v) is 29.2. The number of alkyl halides is 1. The number of nitrogens with one attached hydrogen (secondary N) is 3. The molecule has 11 rings (SSSR count). The van der Waals surface area contributed by atoms with Crippen molar-refractivity contribution in [1.82, 2.24) is 14.2 Å². The Morgan fingerprint density at radius 3 is 1.04 bits per heavy atom. The first-order valence-corrected chi connectivity index (χ1v) is 49.4. The van der Waals surface area contributed by atoms with E-state index in [0.29, 0.717) is 53.5 Å².